The number of aliphatic hydroxyl groups is 1. The van der Waals surface area contributed by atoms with E-state index < -0.39 is 16.0 Å². The summed E-state index contributed by atoms with van der Waals surface area (Å²) >= 11 is 3.14. The zero-order valence-corrected chi connectivity index (χ0v) is 13.5. The quantitative estimate of drug-likeness (QED) is 0.722. The van der Waals surface area contributed by atoms with Crippen LogP contribution in [0.3, 0.4) is 0 Å². The molecule has 8 heteroatoms. The van der Waals surface area contributed by atoms with Gasteiger partial charge in [0, 0.05) is 17.1 Å². The summed E-state index contributed by atoms with van der Waals surface area (Å²) in [5.74, 6) is -1.28. The molecule has 1 saturated carbocycles. The van der Waals surface area contributed by atoms with Gasteiger partial charge in [-0.3, -0.25) is 0 Å². The van der Waals surface area contributed by atoms with Crippen molar-refractivity contribution in [3.63, 3.8) is 0 Å². The molecule has 1 aliphatic carbocycles. The lowest BCUT2D eigenvalue weighted by Gasteiger charge is -2.19. The van der Waals surface area contributed by atoms with Crippen molar-refractivity contribution in [3.8, 4) is 0 Å². The molecule has 0 amide bonds. The zero-order chi connectivity index (χ0) is 15.6. The van der Waals surface area contributed by atoms with Crippen LogP contribution in [0.25, 0.3) is 0 Å². The van der Waals surface area contributed by atoms with Gasteiger partial charge in [-0.1, -0.05) is 6.42 Å². The third-order valence-corrected chi connectivity index (χ3v) is 6.15. The molecule has 1 aromatic rings. The number of aliphatic hydroxyl groups excluding tert-OH is 1. The maximum atomic E-state index is 12.4. The second-order valence-electron chi connectivity index (χ2n) is 5.05. The molecule has 3 N–H and O–H groups in total. The highest BCUT2D eigenvalue weighted by Crippen LogP contribution is 2.29. The van der Waals surface area contributed by atoms with E-state index in [-0.39, 0.29) is 29.0 Å². The lowest BCUT2D eigenvalue weighted by atomic mass is 10.1. The van der Waals surface area contributed by atoms with Gasteiger partial charge in [0.2, 0.25) is 10.0 Å². The topological polar surface area (TPSA) is 104 Å². The molecule has 0 spiro atoms. The van der Waals surface area contributed by atoms with Crippen LogP contribution in [0.4, 0.5) is 0 Å². The van der Waals surface area contributed by atoms with Crippen LogP contribution in [0, 0.1) is 5.92 Å². The van der Waals surface area contributed by atoms with Crippen molar-refractivity contribution < 1.29 is 23.4 Å². The molecule has 2 unspecified atom stereocenters. The van der Waals surface area contributed by atoms with Crippen molar-refractivity contribution in [3.05, 3.63) is 28.2 Å². The van der Waals surface area contributed by atoms with Gasteiger partial charge in [-0.25, -0.2) is 17.9 Å². The summed E-state index contributed by atoms with van der Waals surface area (Å²) in [5.41, 5.74) is -0.0938. The Kier molecular flexibility index (Phi) is 5.03. The van der Waals surface area contributed by atoms with E-state index in [4.69, 9.17) is 5.11 Å². The lowest BCUT2D eigenvalue weighted by molar-refractivity contribution is 0.0696. The zero-order valence-electron chi connectivity index (χ0n) is 11.1. The van der Waals surface area contributed by atoms with Crippen molar-refractivity contribution in [2.45, 2.75) is 30.2 Å². The number of carboxylic acid groups (broad SMARTS) is 1. The van der Waals surface area contributed by atoms with Gasteiger partial charge in [0.05, 0.1) is 10.5 Å². The molecular weight excluding hydrogens is 362 g/mol. The standard InChI is InChI=1S/C13H16BrNO5S/c14-10-5-4-8(13(17)18)6-12(10)21(19,20)15-11-3-1-2-9(11)7-16/h4-6,9,11,15-16H,1-3,7H2,(H,17,18). The predicted molar refractivity (Wildman–Crippen MR) is 79.6 cm³/mol. The van der Waals surface area contributed by atoms with Gasteiger partial charge in [0.25, 0.3) is 0 Å². The molecule has 1 fully saturated rings. The van der Waals surface area contributed by atoms with Gasteiger partial charge >= 0.3 is 5.97 Å². The van der Waals surface area contributed by atoms with Crippen molar-refractivity contribution in [2.75, 3.05) is 6.61 Å². The van der Waals surface area contributed by atoms with Gasteiger partial charge in [-0.05, 0) is 52.9 Å². The monoisotopic (exact) mass is 377 g/mol. The number of benzene rings is 1. The fourth-order valence-corrected chi connectivity index (χ4v) is 4.84. The summed E-state index contributed by atoms with van der Waals surface area (Å²) in [7, 11) is -3.84. The fraction of sp³-hybridized carbons (Fsp3) is 0.462. The SMILES string of the molecule is O=C(O)c1ccc(Br)c(S(=O)(=O)NC2CCCC2CO)c1. The first kappa shape index (κ1) is 16.4. The summed E-state index contributed by atoms with van der Waals surface area (Å²) < 4.78 is 27.7. The summed E-state index contributed by atoms with van der Waals surface area (Å²) in [6.07, 6.45) is 2.30. The smallest absolute Gasteiger partial charge is 0.335 e. The maximum Gasteiger partial charge on any atom is 0.335 e. The van der Waals surface area contributed by atoms with E-state index in [0.717, 1.165) is 18.9 Å². The summed E-state index contributed by atoms with van der Waals surface area (Å²) in [5, 5.41) is 18.2. The van der Waals surface area contributed by atoms with Gasteiger partial charge in [-0.2, -0.15) is 0 Å². The van der Waals surface area contributed by atoms with Crippen LogP contribution >= 0.6 is 15.9 Å². The molecule has 0 aliphatic heterocycles. The minimum atomic E-state index is -3.84. The Labute approximate surface area is 131 Å². The van der Waals surface area contributed by atoms with Crippen molar-refractivity contribution in [1.82, 2.24) is 4.72 Å². The molecule has 116 valence electrons. The number of rotatable bonds is 5. The normalized spacial score (nSPS) is 22.4. The average molecular weight is 378 g/mol. The third-order valence-electron chi connectivity index (χ3n) is 3.67. The first-order chi connectivity index (χ1) is 9.85. The van der Waals surface area contributed by atoms with Gasteiger partial charge in [0.15, 0.2) is 0 Å². The van der Waals surface area contributed by atoms with E-state index in [0.29, 0.717) is 10.9 Å². The molecule has 0 heterocycles. The molecule has 1 aliphatic rings. The molecule has 0 aromatic heterocycles. The van der Waals surface area contributed by atoms with Crippen molar-refractivity contribution in [2.24, 2.45) is 5.92 Å². The van der Waals surface area contributed by atoms with Crippen LogP contribution in [0.1, 0.15) is 29.6 Å². The number of halogens is 1. The largest absolute Gasteiger partial charge is 0.478 e. The first-order valence-electron chi connectivity index (χ1n) is 6.51. The van der Waals surface area contributed by atoms with E-state index >= 15 is 0 Å². The Balaban J connectivity index is 2.31. The van der Waals surface area contributed by atoms with Gasteiger partial charge in [0.1, 0.15) is 0 Å². The van der Waals surface area contributed by atoms with Crippen LogP contribution in [0.2, 0.25) is 0 Å². The number of sulfonamides is 1. The molecule has 6 nitrogen and oxygen atoms in total. The van der Waals surface area contributed by atoms with Crippen LogP contribution < -0.4 is 4.72 Å². The Morgan fingerprint density at radius 3 is 2.71 bits per heavy atom. The Hall–Kier alpha value is -0.960. The third kappa shape index (κ3) is 3.63. The van der Waals surface area contributed by atoms with E-state index in [2.05, 4.69) is 20.7 Å². The lowest BCUT2D eigenvalue weighted by Crippen LogP contribution is -2.38. The molecule has 0 saturated heterocycles. The fourth-order valence-electron chi connectivity index (χ4n) is 2.52. The predicted octanol–water partition coefficient (Wildman–Crippen LogP) is 1.59. The van der Waals surface area contributed by atoms with Gasteiger partial charge in [-0.15, -0.1) is 0 Å². The Morgan fingerprint density at radius 2 is 2.10 bits per heavy atom. The molecule has 2 atom stereocenters. The van der Waals surface area contributed by atoms with Crippen LogP contribution in [0.5, 0.6) is 0 Å². The second kappa shape index (κ2) is 6.43. The number of aromatic carboxylic acids is 1. The summed E-state index contributed by atoms with van der Waals surface area (Å²) in [6.45, 7) is -0.0660. The highest BCUT2D eigenvalue weighted by molar-refractivity contribution is 9.10. The van der Waals surface area contributed by atoms with Crippen LogP contribution in [0.15, 0.2) is 27.6 Å². The van der Waals surface area contributed by atoms with E-state index in [1.165, 1.54) is 12.1 Å². The Bertz CT molecular complexity index is 646. The molecule has 0 radical (unpaired) electrons. The van der Waals surface area contributed by atoms with Gasteiger partial charge < -0.3 is 10.2 Å². The maximum absolute atomic E-state index is 12.4. The highest BCUT2D eigenvalue weighted by Gasteiger charge is 2.31. The summed E-state index contributed by atoms with van der Waals surface area (Å²) in [4.78, 5) is 10.9. The minimum absolute atomic E-state index is 0.0660. The summed E-state index contributed by atoms with van der Waals surface area (Å²) in [6, 6.07) is 3.53. The average Bonchev–Trinajstić information content (AvgIpc) is 2.85. The molecule has 21 heavy (non-hydrogen) atoms. The molecule has 2 rings (SSSR count). The van der Waals surface area contributed by atoms with E-state index in [9.17, 15) is 18.3 Å². The highest BCUT2D eigenvalue weighted by atomic mass is 79.9. The van der Waals surface area contributed by atoms with Crippen LogP contribution in [-0.4, -0.2) is 37.2 Å². The Morgan fingerprint density at radius 1 is 1.38 bits per heavy atom. The number of hydrogen-bond acceptors (Lipinski definition) is 4. The van der Waals surface area contributed by atoms with Crippen molar-refractivity contribution >= 4 is 31.9 Å². The first-order valence-corrected chi connectivity index (χ1v) is 8.79. The number of carboxylic acids is 1. The number of nitrogens with one attached hydrogen (secondary N) is 1. The second-order valence-corrected chi connectivity index (χ2v) is 7.59. The number of carbonyl (C=O) groups is 1. The van der Waals surface area contributed by atoms with E-state index in [1.54, 1.807) is 0 Å². The molecular formula is C13H16BrNO5S. The molecule has 0 bridgehead atoms. The van der Waals surface area contributed by atoms with Crippen molar-refractivity contribution in [1.29, 1.82) is 0 Å². The molecule has 1 aromatic carbocycles. The van der Waals surface area contributed by atoms with E-state index in [1.807, 2.05) is 0 Å². The minimum Gasteiger partial charge on any atom is -0.478 e. The number of hydrogen-bond donors (Lipinski definition) is 3. The van der Waals surface area contributed by atoms with Crippen LogP contribution in [-0.2, 0) is 10.0 Å².